The molecule has 3 nitrogen and oxygen atoms in total. The van der Waals surface area contributed by atoms with Gasteiger partial charge in [-0.3, -0.25) is 0 Å². The van der Waals surface area contributed by atoms with Crippen molar-refractivity contribution in [2.75, 3.05) is 0 Å². The summed E-state index contributed by atoms with van der Waals surface area (Å²) >= 11 is 0. The summed E-state index contributed by atoms with van der Waals surface area (Å²) in [7, 11) is -0.334. The molecular formula is C15H19BO3. The van der Waals surface area contributed by atoms with Gasteiger partial charge < -0.3 is 13.7 Å². The van der Waals surface area contributed by atoms with Gasteiger partial charge in [0.2, 0.25) is 0 Å². The molecule has 100 valence electrons. The minimum Gasteiger partial charge on any atom is -0.461 e. The Morgan fingerprint density at radius 1 is 0.947 bits per heavy atom. The monoisotopic (exact) mass is 258 g/mol. The Balaban J connectivity index is 1.97. The van der Waals surface area contributed by atoms with Gasteiger partial charge in [-0.15, -0.1) is 0 Å². The highest BCUT2D eigenvalue weighted by Crippen LogP contribution is 2.36. The molecule has 1 aromatic heterocycles. The molecule has 0 aliphatic carbocycles. The Morgan fingerprint density at radius 2 is 1.58 bits per heavy atom. The lowest BCUT2D eigenvalue weighted by Gasteiger charge is -2.32. The second-order valence-corrected chi connectivity index (χ2v) is 6.24. The number of rotatable bonds is 1. The highest BCUT2D eigenvalue weighted by Gasteiger charge is 2.51. The van der Waals surface area contributed by atoms with Gasteiger partial charge in [-0.25, -0.2) is 0 Å². The zero-order chi connectivity index (χ0) is 13.8. The first-order valence-electron chi connectivity index (χ1n) is 6.64. The molecule has 1 aromatic carbocycles. The van der Waals surface area contributed by atoms with E-state index in [1.807, 2.05) is 31.2 Å². The van der Waals surface area contributed by atoms with Crippen LogP contribution in [-0.2, 0) is 9.31 Å². The summed E-state index contributed by atoms with van der Waals surface area (Å²) in [6.45, 7) is 10.2. The normalized spacial score (nSPS) is 21.2. The molecule has 0 N–H and O–H groups in total. The molecule has 0 atom stereocenters. The van der Waals surface area contributed by atoms with Gasteiger partial charge in [0.15, 0.2) is 0 Å². The summed E-state index contributed by atoms with van der Waals surface area (Å²) in [5.41, 5.74) is 1.25. The van der Waals surface area contributed by atoms with E-state index in [-0.39, 0.29) is 18.3 Å². The van der Waals surface area contributed by atoms with Gasteiger partial charge in [0.25, 0.3) is 0 Å². The molecule has 0 unspecified atom stereocenters. The van der Waals surface area contributed by atoms with Crippen molar-refractivity contribution in [1.29, 1.82) is 0 Å². The summed E-state index contributed by atoms with van der Waals surface area (Å²) in [4.78, 5) is 0. The van der Waals surface area contributed by atoms with E-state index in [9.17, 15) is 0 Å². The van der Waals surface area contributed by atoms with Crippen molar-refractivity contribution >= 4 is 23.6 Å². The maximum atomic E-state index is 6.04. The SMILES string of the molecule is Cc1cc2ccc(B3OC(C)(C)C(C)(C)O3)cc2o1. The first kappa shape index (κ1) is 12.8. The molecule has 1 aliphatic heterocycles. The third-order valence-electron chi connectivity index (χ3n) is 4.19. The number of hydrogen-bond donors (Lipinski definition) is 0. The Kier molecular flexibility index (Phi) is 2.60. The number of benzene rings is 1. The van der Waals surface area contributed by atoms with Gasteiger partial charge in [0.05, 0.1) is 11.2 Å². The molecule has 0 amide bonds. The molecule has 0 saturated carbocycles. The second-order valence-electron chi connectivity index (χ2n) is 6.24. The smallest absolute Gasteiger partial charge is 0.461 e. The molecule has 2 aromatic rings. The standard InChI is InChI=1S/C15H19BO3/c1-10-8-11-6-7-12(9-13(11)17-10)16-18-14(2,3)15(4,5)19-16/h6-9H,1-5H3. The lowest BCUT2D eigenvalue weighted by molar-refractivity contribution is 0.00578. The van der Waals surface area contributed by atoms with E-state index < -0.39 is 0 Å². The third kappa shape index (κ3) is 1.99. The van der Waals surface area contributed by atoms with Crippen LogP contribution in [0.15, 0.2) is 28.7 Å². The first-order chi connectivity index (χ1) is 8.78. The highest BCUT2D eigenvalue weighted by molar-refractivity contribution is 6.62. The van der Waals surface area contributed by atoms with Crippen LogP contribution >= 0.6 is 0 Å². The second kappa shape index (κ2) is 3.87. The summed E-state index contributed by atoms with van der Waals surface area (Å²) in [6, 6.07) is 8.12. The highest BCUT2D eigenvalue weighted by atomic mass is 16.7. The first-order valence-corrected chi connectivity index (χ1v) is 6.64. The van der Waals surface area contributed by atoms with Crippen LogP contribution in [0.3, 0.4) is 0 Å². The Labute approximate surface area is 114 Å². The fourth-order valence-corrected chi connectivity index (χ4v) is 2.31. The largest absolute Gasteiger partial charge is 0.494 e. The zero-order valence-corrected chi connectivity index (χ0v) is 12.1. The summed E-state index contributed by atoms with van der Waals surface area (Å²) < 4.78 is 17.7. The van der Waals surface area contributed by atoms with Crippen LogP contribution in [0.2, 0.25) is 0 Å². The molecule has 3 rings (SSSR count). The van der Waals surface area contributed by atoms with Crippen LogP contribution in [0, 0.1) is 6.92 Å². The Morgan fingerprint density at radius 3 is 2.21 bits per heavy atom. The van der Waals surface area contributed by atoms with E-state index >= 15 is 0 Å². The lowest BCUT2D eigenvalue weighted by Crippen LogP contribution is -2.41. The molecule has 1 fully saturated rings. The summed E-state index contributed by atoms with van der Waals surface area (Å²) in [5.74, 6) is 0.918. The number of furan rings is 1. The molecule has 4 heteroatoms. The Bertz CT molecular complexity index is 611. The molecular weight excluding hydrogens is 239 g/mol. The van der Waals surface area contributed by atoms with Crippen LogP contribution in [-0.4, -0.2) is 18.3 Å². The van der Waals surface area contributed by atoms with Crippen LogP contribution in [0.25, 0.3) is 11.0 Å². The molecule has 0 spiro atoms. The van der Waals surface area contributed by atoms with Gasteiger partial charge in [-0.2, -0.15) is 0 Å². The molecule has 1 saturated heterocycles. The Hall–Kier alpha value is -1.26. The molecule has 2 heterocycles. The number of fused-ring (bicyclic) bond motifs is 1. The van der Waals surface area contributed by atoms with Crippen molar-refractivity contribution in [3.05, 3.63) is 30.0 Å². The van der Waals surface area contributed by atoms with Crippen molar-refractivity contribution in [3.63, 3.8) is 0 Å². The van der Waals surface area contributed by atoms with Gasteiger partial charge in [0.1, 0.15) is 11.3 Å². The van der Waals surface area contributed by atoms with Crippen molar-refractivity contribution in [2.45, 2.75) is 45.8 Å². The van der Waals surface area contributed by atoms with Gasteiger partial charge in [-0.1, -0.05) is 12.1 Å². The average Bonchev–Trinajstić information content (AvgIpc) is 2.74. The minimum absolute atomic E-state index is 0.314. The van der Waals surface area contributed by atoms with Gasteiger partial charge in [0, 0.05) is 5.39 Å². The fraction of sp³-hybridized carbons (Fsp3) is 0.467. The van der Waals surface area contributed by atoms with Crippen molar-refractivity contribution in [2.24, 2.45) is 0 Å². The quantitative estimate of drug-likeness (QED) is 0.737. The van der Waals surface area contributed by atoms with Crippen LogP contribution in [0.5, 0.6) is 0 Å². The topological polar surface area (TPSA) is 31.6 Å². The molecule has 0 bridgehead atoms. The lowest BCUT2D eigenvalue weighted by atomic mass is 9.79. The fourth-order valence-electron chi connectivity index (χ4n) is 2.31. The average molecular weight is 258 g/mol. The van der Waals surface area contributed by atoms with E-state index in [2.05, 4.69) is 27.7 Å². The number of aryl methyl sites for hydroxylation is 1. The summed E-state index contributed by atoms with van der Waals surface area (Å²) in [5, 5.41) is 1.11. The van der Waals surface area contributed by atoms with E-state index in [0.717, 1.165) is 22.2 Å². The predicted molar refractivity (Wildman–Crippen MR) is 76.7 cm³/mol. The van der Waals surface area contributed by atoms with Crippen molar-refractivity contribution < 1.29 is 13.7 Å². The van der Waals surface area contributed by atoms with Gasteiger partial charge >= 0.3 is 7.12 Å². The number of hydrogen-bond acceptors (Lipinski definition) is 3. The van der Waals surface area contributed by atoms with E-state index in [4.69, 9.17) is 13.7 Å². The maximum Gasteiger partial charge on any atom is 0.494 e. The van der Waals surface area contributed by atoms with E-state index in [0.29, 0.717) is 0 Å². The van der Waals surface area contributed by atoms with Crippen molar-refractivity contribution in [3.8, 4) is 0 Å². The molecule has 19 heavy (non-hydrogen) atoms. The zero-order valence-electron chi connectivity index (χ0n) is 12.1. The predicted octanol–water partition coefficient (Wildman–Crippen LogP) is 3.04. The third-order valence-corrected chi connectivity index (χ3v) is 4.19. The molecule has 1 aliphatic rings. The van der Waals surface area contributed by atoms with Gasteiger partial charge in [-0.05, 0) is 52.2 Å². The van der Waals surface area contributed by atoms with E-state index in [1.54, 1.807) is 0 Å². The van der Waals surface area contributed by atoms with Crippen LogP contribution in [0.1, 0.15) is 33.5 Å². The van der Waals surface area contributed by atoms with Crippen molar-refractivity contribution in [1.82, 2.24) is 0 Å². The van der Waals surface area contributed by atoms with Crippen LogP contribution < -0.4 is 5.46 Å². The van der Waals surface area contributed by atoms with E-state index in [1.165, 1.54) is 0 Å². The maximum absolute atomic E-state index is 6.04. The van der Waals surface area contributed by atoms with Crippen LogP contribution in [0.4, 0.5) is 0 Å². The summed E-state index contributed by atoms with van der Waals surface area (Å²) in [6.07, 6.45) is 0. The molecule has 0 radical (unpaired) electrons. The minimum atomic E-state index is -0.334.